The predicted molar refractivity (Wildman–Crippen MR) is 134 cm³/mol. The second-order valence-corrected chi connectivity index (χ2v) is 7.70. The van der Waals surface area contributed by atoms with Crippen LogP contribution in [0.3, 0.4) is 0 Å². The second-order valence-electron chi connectivity index (χ2n) is 7.70. The molecule has 1 atom stereocenters. The smallest absolute Gasteiger partial charge is 0.194 e. The minimum atomic E-state index is 0. The number of aliphatic imine (C=N–C) groups is 1. The SMILES string of the molecule is CCNC(=NCC(c1cccc(OC)c1)N(C)C)N1CCN(Cc2ccon2)CC1.I. The summed E-state index contributed by atoms with van der Waals surface area (Å²) in [5.74, 6) is 1.85. The van der Waals surface area contributed by atoms with E-state index in [0.717, 1.165) is 56.7 Å². The Morgan fingerprint density at radius 2 is 2.03 bits per heavy atom. The highest BCUT2D eigenvalue weighted by atomic mass is 127. The van der Waals surface area contributed by atoms with Crippen LogP contribution in [0.25, 0.3) is 0 Å². The fraction of sp³-hybridized carbons (Fsp3) is 0.545. The topological polar surface area (TPSA) is 69.4 Å². The Morgan fingerprint density at radius 3 is 2.65 bits per heavy atom. The Kier molecular flexibility index (Phi) is 10.6. The maximum atomic E-state index is 5.40. The van der Waals surface area contributed by atoms with Crippen LogP contribution < -0.4 is 10.1 Å². The first-order valence-electron chi connectivity index (χ1n) is 10.6. The van der Waals surface area contributed by atoms with Gasteiger partial charge in [-0.1, -0.05) is 17.3 Å². The number of piperazine rings is 1. The zero-order valence-corrected chi connectivity index (χ0v) is 21.3. The fourth-order valence-corrected chi connectivity index (χ4v) is 3.68. The second kappa shape index (κ2) is 12.9. The molecule has 3 rings (SSSR count). The van der Waals surface area contributed by atoms with Crippen LogP contribution in [0.15, 0.2) is 46.1 Å². The van der Waals surface area contributed by atoms with Crippen molar-refractivity contribution in [3.63, 3.8) is 0 Å². The van der Waals surface area contributed by atoms with Gasteiger partial charge in [-0.3, -0.25) is 9.89 Å². The van der Waals surface area contributed by atoms with Crippen molar-refractivity contribution in [3.8, 4) is 5.75 Å². The van der Waals surface area contributed by atoms with Gasteiger partial charge in [0.25, 0.3) is 0 Å². The first-order chi connectivity index (χ1) is 14.6. The molecule has 0 radical (unpaired) electrons. The molecule has 1 N–H and O–H groups in total. The maximum Gasteiger partial charge on any atom is 0.194 e. The lowest BCUT2D eigenvalue weighted by molar-refractivity contribution is 0.168. The normalized spacial score (nSPS) is 16.2. The highest BCUT2D eigenvalue weighted by Crippen LogP contribution is 2.23. The van der Waals surface area contributed by atoms with E-state index in [-0.39, 0.29) is 30.0 Å². The van der Waals surface area contributed by atoms with Crippen molar-refractivity contribution >= 4 is 29.9 Å². The molecule has 0 bridgehead atoms. The molecule has 1 saturated heterocycles. The van der Waals surface area contributed by atoms with Crippen molar-refractivity contribution in [3.05, 3.63) is 47.9 Å². The third-order valence-electron chi connectivity index (χ3n) is 5.40. The van der Waals surface area contributed by atoms with E-state index < -0.39 is 0 Å². The fourth-order valence-electron chi connectivity index (χ4n) is 3.68. The monoisotopic (exact) mass is 542 g/mol. The summed E-state index contributed by atoms with van der Waals surface area (Å²) in [7, 11) is 5.89. The molecule has 9 heteroatoms. The summed E-state index contributed by atoms with van der Waals surface area (Å²) < 4.78 is 10.3. The number of likely N-dealkylation sites (N-methyl/N-ethyl adjacent to an activating group) is 1. The molecule has 1 unspecified atom stereocenters. The molecule has 31 heavy (non-hydrogen) atoms. The summed E-state index contributed by atoms with van der Waals surface area (Å²) in [6, 6.07) is 10.4. The summed E-state index contributed by atoms with van der Waals surface area (Å²) in [4.78, 5) is 11.9. The number of halogens is 1. The van der Waals surface area contributed by atoms with Crippen LogP contribution >= 0.6 is 24.0 Å². The van der Waals surface area contributed by atoms with Crippen LogP contribution in [0.4, 0.5) is 0 Å². The number of nitrogens with one attached hydrogen (secondary N) is 1. The van der Waals surface area contributed by atoms with Crippen molar-refractivity contribution in [2.75, 3.05) is 60.5 Å². The van der Waals surface area contributed by atoms with E-state index in [0.29, 0.717) is 6.54 Å². The lowest BCUT2D eigenvalue weighted by Gasteiger charge is -2.36. The van der Waals surface area contributed by atoms with Gasteiger partial charge in [-0.05, 0) is 38.7 Å². The van der Waals surface area contributed by atoms with Gasteiger partial charge in [-0.25, -0.2) is 0 Å². The summed E-state index contributed by atoms with van der Waals surface area (Å²) in [5, 5.41) is 7.49. The van der Waals surface area contributed by atoms with Gasteiger partial charge in [-0.2, -0.15) is 0 Å². The molecule has 1 fully saturated rings. The van der Waals surface area contributed by atoms with Crippen molar-refractivity contribution in [2.45, 2.75) is 19.5 Å². The Bertz CT molecular complexity index is 791. The molecular formula is C22H35IN6O2. The molecule has 172 valence electrons. The van der Waals surface area contributed by atoms with Crippen LogP contribution in [0, 0.1) is 0 Å². The molecule has 2 heterocycles. The van der Waals surface area contributed by atoms with Gasteiger partial charge in [0.2, 0.25) is 0 Å². The minimum Gasteiger partial charge on any atom is -0.497 e. The summed E-state index contributed by atoms with van der Waals surface area (Å²) in [6.45, 7) is 8.31. The number of rotatable bonds is 8. The molecule has 1 aliphatic rings. The van der Waals surface area contributed by atoms with E-state index in [1.54, 1.807) is 13.4 Å². The van der Waals surface area contributed by atoms with Crippen LogP contribution in [-0.2, 0) is 6.54 Å². The number of guanidine groups is 1. The molecule has 1 aromatic carbocycles. The third kappa shape index (κ3) is 7.36. The van der Waals surface area contributed by atoms with Gasteiger partial charge in [0.1, 0.15) is 12.0 Å². The van der Waals surface area contributed by atoms with Crippen molar-refractivity contribution < 1.29 is 9.26 Å². The van der Waals surface area contributed by atoms with E-state index in [4.69, 9.17) is 14.3 Å². The molecule has 0 spiro atoms. The highest BCUT2D eigenvalue weighted by molar-refractivity contribution is 14.0. The number of methoxy groups -OCH3 is 1. The molecular weight excluding hydrogens is 507 g/mol. The van der Waals surface area contributed by atoms with Crippen molar-refractivity contribution in [1.82, 2.24) is 25.2 Å². The molecule has 1 aromatic heterocycles. The number of nitrogens with zero attached hydrogens (tertiary/aromatic N) is 5. The van der Waals surface area contributed by atoms with E-state index in [1.165, 1.54) is 5.56 Å². The van der Waals surface area contributed by atoms with E-state index in [9.17, 15) is 0 Å². The lowest BCUT2D eigenvalue weighted by Crippen LogP contribution is -2.52. The number of hydrogen-bond acceptors (Lipinski definition) is 6. The van der Waals surface area contributed by atoms with E-state index in [1.807, 2.05) is 18.2 Å². The van der Waals surface area contributed by atoms with Gasteiger partial charge in [0.15, 0.2) is 5.96 Å². The van der Waals surface area contributed by atoms with Crippen LogP contribution in [0.2, 0.25) is 0 Å². The standard InChI is InChI=1S/C22H34N6O2.HI/c1-5-23-22(28-12-10-27(11-13-28)17-19-9-14-30-25-19)24-16-21(26(2)3)18-7-6-8-20(15-18)29-4;/h6-9,14-15,21H,5,10-13,16-17H2,1-4H3,(H,23,24);1H. The average Bonchev–Trinajstić information content (AvgIpc) is 3.27. The number of benzene rings is 1. The van der Waals surface area contributed by atoms with Gasteiger partial charge < -0.3 is 24.4 Å². The quantitative estimate of drug-likeness (QED) is 0.313. The number of aromatic nitrogens is 1. The largest absolute Gasteiger partial charge is 0.497 e. The summed E-state index contributed by atoms with van der Waals surface area (Å²) in [6.07, 6.45) is 1.63. The zero-order chi connectivity index (χ0) is 21.3. The first-order valence-corrected chi connectivity index (χ1v) is 10.6. The molecule has 8 nitrogen and oxygen atoms in total. The molecule has 0 saturated carbocycles. The molecule has 0 aliphatic carbocycles. The number of ether oxygens (including phenoxy) is 1. The number of hydrogen-bond donors (Lipinski definition) is 1. The van der Waals surface area contributed by atoms with Crippen LogP contribution in [-0.4, -0.2) is 86.3 Å². The van der Waals surface area contributed by atoms with Crippen LogP contribution in [0.5, 0.6) is 5.75 Å². The molecule has 0 amide bonds. The van der Waals surface area contributed by atoms with Gasteiger partial charge in [0.05, 0.1) is 25.4 Å². The van der Waals surface area contributed by atoms with Gasteiger partial charge >= 0.3 is 0 Å². The van der Waals surface area contributed by atoms with Gasteiger partial charge in [-0.15, -0.1) is 24.0 Å². The van der Waals surface area contributed by atoms with Gasteiger partial charge in [0, 0.05) is 45.3 Å². The molecule has 1 aliphatic heterocycles. The Morgan fingerprint density at radius 1 is 1.26 bits per heavy atom. The van der Waals surface area contributed by atoms with E-state index >= 15 is 0 Å². The lowest BCUT2D eigenvalue weighted by atomic mass is 10.1. The Balaban J connectivity index is 0.00000341. The summed E-state index contributed by atoms with van der Waals surface area (Å²) in [5.41, 5.74) is 2.19. The predicted octanol–water partition coefficient (Wildman–Crippen LogP) is 2.69. The highest BCUT2D eigenvalue weighted by Gasteiger charge is 2.21. The minimum absolute atomic E-state index is 0. The van der Waals surface area contributed by atoms with Crippen molar-refractivity contribution in [1.29, 1.82) is 0 Å². The average molecular weight is 542 g/mol. The van der Waals surface area contributed by atoms with E-state index in [2.05, 4.69) is 58.3 Å². The molecule has 2 aromatic rings. The third-order valence-corrected chi connectivity index (χ3v) is 5.40. The summed E-state index contributed by atoms with van der Waals surface area (Å²) >= 11 is 0. The first kappa shape index (κ1) is 25.4. The Hall–Kier alpha value is -1.85. The Labute approximate surface area is 202 Å². The van der Waals surface area contributed by atoms with Crippen LogP contribution in [0.1, 0.15) is 24.2 Å². The zero-order valence-electron chi connectivity index (χ0n) is 19.0. The van der Waals surface area contributed by atoms with Crippen molar-refractivity contribution in [2.24, 2.45) is 4.99 Å². The maximum absolute atomic E-state index is 5.40.